The molecule has 0 saturated heterocycles. The predicted octanol–water partition coefficient (Wildman–Crippen LogP) is 3.17. The van der Waals surface area contributed by atoms with Crippen LogP contribution < -0.4 is 0 Å². The summed E-state index contributed by atoms with van der Waals surface area (Å²) in [5, 5.41) is 4.98. The molecule has 0 radical (unpaired) electrons. The molecule has 0 aliphatic carbocycles. The van der Waals surface area contributed by atoms with Gasteiger partial charge in [-0.1, -0.05) is 26.2 Å². The first-order chi connectivity index (χ1) is 8.46. The Balaban J connectivity index is 2.50. The lowest BCUT2D eigenvalue weighted by atomic mass is 10.2. The molecule has 1 N–H and O–H groups in total. The molecule has 0 spiro atoms. The summed E-state index contributed by atoms with van der Waals surface area (Å²) in [7, 11) is 0. The lowest BCUT2D eigenvalue weighted by Crippen LogP contribution is -2.14. The molecular formula is C11H15F3N2O2. The van der Waals surface area contributed by atoms with Crippen molar-refractivity contribution >= 4 is 5.97 Å². The molecule has 1 aromatic rings. The van der Waals surface area contributed by atoms with Crippen LogP contribution in [0.4, 0.5) is 13.2 Å². The molecule has 0 aliphatic rings. The number of nitrogens with one attached hydrogen (secondary N) is 1. The molecule has 0 aromatic carbocycles. The molecule has 4 nitrogen and oxygen atoms in total. The first kappa shape index (κ1) is 14.5. The van der Waals surface area contributed by atoms with Crippen LogP contribution in [0.3, 0.4) is 0 Å². The van der Waals surface area contributed by atoms with Gasteiger partial charge in [-0.25, -0.2) is 4.79 Å². The van der Waals surface area contributed by atoms with Gasteiger partial charge >= 0.3 is 12.1 Å². The van der Waals surface area contributed by atoms with Gasteiger partial charge in [0.1, 0.15) is 5.56 Å². The standard InChI is InChI=1S/C11H15F3N2O2/c1-2-3-4-5-6-18-10(17)8-7-15-16-9(8)11(12,13)14/h7H,2-6H2,1H3,(H,15,16). The number of carbonyl (C=O) groups is 1. The van der Waals surface area contributed by atoms with Gasteiger partial charge in [0.15, 0.2) is 5.69 Å². The third kappa shape index (κ3) is 4.05. The molecule has 7 heteroatoms. The fourth-order valence-corrected chi connectivity index (χ4v) is 1.43. The van der Waals surface area contributed by atoms with Gasteiger partial charge in [-0.3, -0.25) is 5.10 Å². The Hall–Kier alpha value is -1.53. The highest BCUT2D eigenvalue weighted by Crippen LogP contribution is 2.30. The monoisotopic (exact) mass is 264 g/mol. The zero-order valence-corrected chi connectivity index (χ0v) is 10.0. The van der Waals surface area contributed by atoms with Crippen molar-refractivity contribution in [1.29, 1.82) is 0 Å². The fourth-order valence-electron chi connectivity index (χ4n) is 1.43. The molecule has 1 heterocycles. The maximum atomic E-state index is 12.5. The molecule has 0 aliphatic heterocycles. The molecule has 0 fully saturated rings. The van der Waals surface area contributed by atoms with Gasteiger partial charge < -0.3 is 4.74 Å². The van der Waals surface area contributed by atoms with Gasteiger partial charge in [-0.2, -0.15) is 18.3 Å². The molecule has 0 amide bonds. The molecule has 102 valence electrons. The van der Waals surface area contributed by atoms with Crippen molar-refractivity contribution in [3.8, 4) is 0 Å². The Morgan fingerprint density at radius 1 is 1.39 bits per heavy atom. The van der Waals surface area contributed by atoms with Crippen LogP contribution in [-0.2, 0) is 10.9 Å². The van der Waals surface area contributed by atoms with Gasteiger partial charge in [0.2, 0.25) is 0 Å². The van der Waals surface area contributed by atoms with Gasteiger partial charge in [0, 0.05) is 0 Å². The van der Waals surface area contributed by atoms with Crippen molar-refractivity contribution < 1.29 is 22.7 Å². The smallest absolute Gasteiger partial charge is 0.433 e. The number of hydrogen-bond donors (Lipinski definition) is 1. The third-order valence-electron chi connectivity index (χ3n) is 2.37. The Labute approximate surface area is 103 Å². The van der Waals surface area contributed by atoms with Crippen molar-refractivity contribution in [2.75, 3.05) is 6.61 Å². The lowest BCUT2D eigenvalue weighted by molar-refractivity contribution is -0.141. The van der Waals surface area contributed by atoms with E-state index in [1.54, 1.807) is 5.10 Å². The first-order valence-electron chi connectivity index (χ1n) is 5.74. The lowest BCUT2D eigenvalue weighted by Gasteiger charge is -2.07. The second-order valence-corrected chi connectivity index (χ2v) is 3.85. The molecule has 1 aromatic heterocycles. The molecule has 1 rings (SSSR count). The minimum absolute atomic E-state index is 0.126. The Bertz CT molecular complexity index is 388. The number of hydrogen-bond acceptors (Lipinski definition) is 3. The topological polar surface area (TPSA) is 55.0 Å². The van der Waals surface area contributed by atoms with E-state index >= 15 is 0 Å². The summed E-state index contributed by atoms with van der Waals surface area (Å²) in [5.74, 6) is -0.993. The highest BCUT2D eigenvalue weighted by molar-refractivity contribution is 5.90. The number of nitrogens with zero attached hydrogens (tertiary/aromatic N) is 1. The van der Waals surface area contributed by atoms with E-state index in [-0.39, 0.29) is 6.61 Å². The number of alkyl halides is 3. The predicted molar refractivity (Wildman–Crippen MR) is 58.0 cm³/mol. The van der Waals surface area contributed by atoms with Crippen molar-refractivity contribution in [3.05, 3.63) is 17.5 Å². The summed E-state index contributed by atoms with van der Waals surface area (Å²) in [4.78, 5) is 11.4. The van der Waals surface area contributed by atoms with Crippen LogP contribution in [0.2, 0.25) is 0 Å². The zero-order valence-electron chi connectivity index (χ0n) is 10.0. The SMILES string of the molecule is CCCCCCOC(=O)c1cn[nH]c1C(F)(F)F. The third-order valence-corrected chi connectivity index (χ3v) is 2.37. The van der Waals surface area contributed by atoms with Crippen molar-refractivity contribution in [3.63, 3.8) is 0 Å². The largest absolute Gasteiger partial charge is 0.462 e. The normalized spacial score (nSPS) is 11.6. The fraction of sp³-hybridized carbons (Fsp3) is 0.636. The van der Waals surface area contributed by atoms with Crippen molar-refractivity contribution in [2.24, 2.45) is 0 Å². The highest BCUT2D eigenvalue weighted by atomic mass is 19.4. The van der Waals surface area contributed by atoms with Gasteiger partial charge in [0.25, 0.3) is 0 Å². The number of carbonyl (C=O) groups excluding carboxylic acids is 1. The average Bonchev–Trinajstić information content (AvgIpc) is 2.77. The van der Waals surface area contributed by atoms with Crippen LogP contribution >= 0.6 is 0 Å². The minimum Gasteiger partial charge on any atom is -0.462 e. The molecule has 18 heavy (non-hydrogen) atoms. The van der Waals surface area contributed by atoms with E-state index in [0.29, 0.717) is 6.42 Å². The summed E-state index contributed by atoms with van der Waals surface area (Å²) in [6.07, 6.45) is -0.213. The number of rotatable bonds is 6. The average molecular weight is 264 g/mol. The highest BCUT2D eigenvalue weighted by Gasteiger charge is 2.38. The second-order valence-electron chi connectivity index (χ2n) is 3.85. The van der Waals surface area contributed by atoms with E-state index in [1.165, 1.54) is 0 Å². The van der Waals surface area contributed by atoms with Gasteiger partial charge in [0.05, 0.1) is 12.8 Å². The number of esters is 1. The quantitative estimate of drug-likeness (QED) is 0.634. The number of aromatic amines is 1. The van der Waals surface area contributed by atoms with Crippen LogP contribution in [-0.4, -0.2) is 22.8 Å². The summed E-state index contributed by atoms with van der Waals surface area (Å²) >= 11 is 0. The molecule has 0 saturated carbocycles. The first-order valence-corrected chi connectivity index (χ1v) is 5.74. The Morgan fingerprint density at radius 3 is 2.72 bits per heavy atom. The molecule has 0 bridgehead atoms. The maximum Gasteiger partial charge on any atom is 0.433 e. The van der Waals surface area contributed by atoms with E-state index < -0.39 is 23.4 Å². The van der Waals surface area contributed by atoms with Gasteiger partial charge in [-0.05, 0) is 6.42 Å². The van der Waals surface area contributed by atoms with E-state index in [1.807, 2.05) is 6.92 Å². The van der Waals surface area contributed by atoms with Crippen LogP contribution in [0.5, 0.6) is 0 Å². The minimum atomic E-state index is -4.63. The van der Waals surface area contributed by atoms with E-state index in [0.717, 1.165) is 25.5 Å². The number of unbranched alkanes of at least 4 members (excludes halogenated alkanes) is 3. The zero-order chi connectivity index (χ0) is 13.6. The van der Waals surface area contributed by atoms with Crippen LogP contribution in [0.15, 0.2) is 6.20 Å². The van der Waals surface area contributed by atoms with Crippen molar-refractivity contribution in [1.82, 2.24) is 10.2 Å². The molecule has 0 unspecified atom stereocenters. The number of aromatic nitrogens is 2. The maximum absolute atomic E-state index is 12.5. The molecular weight excluding hydrogens is 249 g/mol. The number of ether oxygens (including phenoxy) is 1. The van der Waals surface area contributed by atoms with Crippen molar-refractivity contribution in [2.45, 2.75) is 38.8 Å². The van der Waals surface area contributed by atoms with Crippen LogP contribution in [0.25, 0.3) is 0 Å². The number of halogens is 3. The van der Waals surface area contributed by atoms with E-state index in [9.17, 15) is 18.0 Å². The van der Waals surface area contributed by atoms with E-state index in [2.05, 4.69) is 5.10 Å². The summed E-state index contributed by atoms with van der Waals surface area (Å²) < 4.78 is 42.1. The number of H-pyrrole nitrogens is 1. The van der Waals surface area contributed by atoms with Crippen LogP contribution in [0, 0.1) is 0 Å². The van der Waals surface area contributed by atoms with E-state index in [4.69, 9.17) is 4.74 Å². The summed E-state index contributed by atoms with van der Waals surface area (Å²) in [6, 6.07) is 0. The molecule has 0 atom stereocenters. The Morgan fingerprint density at radius 2 is 2.11 bits per heavy atom. The van der Waals surface area contributed by atoms with Crippen LogP contribution in [0.1, 0.15) is 48.7 Å². The van der Waals surface area contributed by atoms with Gasteiger partial charge in [-0.15, -0.1) is 0 Å². The summed E-state index contributed by atoms with van der Waals surface area (Å²) in [6.45, 7) is 2.16. The second kappa shape index (κ2) is 6.42. The Kier molecular flexibility index (Phi) is 5.18. The summed E-state index contributed by atoms with van der Waals surface area (Å²) in [5.41, 5.74) is -1.74.